The highest BCUT2D eigenvalue weighted by Crippen LogP contribution is 2.31. The van der Waals surface area contributed by atoms with Crippen LogP contribution in [-0.4, -0.2) is 23.0 Å². The summed E-state index contributed by atoms with van der Waals surface area (Å²) in [5.41, 5.74) is 10.7. The van der Waals surface area contributed by atoms with Gasteiger partial charge in [0.05, 0.1) is 22.9 Å². The van der Waals surface area contributed by atoms with E-state index in [9.17, 15) is 14.9 Å². The Bertz CT molecular complexity index is 1160. The number of aryl methyl sites for hydroxylation is 2. The van der Waals surface area contributed by atoms with Crippen molar-refractivity contribution in [3.63, 3.8) is 0 Å². The van der Waals surface area contributed by atoms with Gasteiger partial charge in [-0.05, 0) is 67.8 Å². The molecule has 2 N–H and O–H groups in total. The van der Waals surface area contributed by atoms with Gasteiger partial charge < -0.3 is 10.5 Å². The number of nitrogens with two attached hydrogens (primary N) is 1. The van der Waals surface area contributed by atoms with E-state index >= 15 is 0 Å². The summed E-state index contributed by atoms with van der Waals surface area (Å²) < 4.78 is 5.18. The highest BCUT2D eigenvalue weighted by atomic mass is 16.5. The molecule has 150 valence electrons. The Labute approximate surface area is 174 Å². The van der Waals surface area contributed by atoms with E-state index < -0.39 is 18.0 Å². The number of primary amides is 1. The summed E-state index contributed by atoms with van der Waals surface area (Å²) in [7, 11) is 0. The molecule has 1 atom stereocenters. The molecule has 3 aromatic rings. The highest BCUT2D eigenvalue weighted by molar-refractivity contribution is 5.95. The maximum Gasteiger partial charge on any atom is 0.338 e. The Morgan fingerprint density at radius 1 is 1.03 bits per heavy atom. The molecule has 2 aromatic carbocycles. The summed E-state index contributed by atoms with van der Waals surface area (Å²) in [6, 6.07) is 16.6. The molecule has 0 fully saturated rings. The zero-order valence-electron chi connectivity index (χ0n) is 17.0. The standard InChI is InChI=1S/C24H21N3O3/c1-14-4-6-17(12-25)21(8-14)18-9-19(22-7-5-15(2)13-27-22)11-20(10-18)24(29)30-16(3)23(26)28/h4-11,13,16H,1-3H3,(H2,26,28)/t16-/m0/s1. The molecule has 0 saturated carbocycles. The van der Waals surface area contributed by atoms with Crippen LogP contribution in [0.5, 0.6) is 0 Å². The first-order valence-corrected chi connectivity index (χ1v) is 9.38. The molecule has 1 aromatic heterocycles. The van der Waals surface area contributed by atoms with E-state index in [0.29, 0.717) is 27.9 Å². The molecule has 0 aliphatic rings. The van der Waals surface area contributed by atoms with Crippen LogP contribution in [0.15, 0.2) is 54.7 Å². The van der Waals surface area contributed by atoms with Crippen molar-refractivity contribution in [3.8, 4) is 28.5 Å². The smallest absolute Gasteiger partial charge is 0.338 e. The molecular formula is C24H21N3O3. The minimum Gasteiger partial charge on any atom is -0.449 e. The molecule has 0 radical (unpaired) electrons. The summed E-state index contributed by atoms with van der Waals surface area (Å²) in [5, 5.41) is 9.54. The first-order chi connectivity index (χ1) is 14.3. The van der Waals surface area contributed by atoms with Crippen molar-refractivity contribution >= 4 is 11.9 Å². The predicted molar refractivity (Wildman–Crippen MR) is 113 cm³/mol. The Hall–Kier alpha value is -3.98. The van der Waals surface area contributed by atoms with Gasteiger partial charge in [-0.2, -0.15) is 5.26 Å². The topological polar surface area (TPSA) is 106 Å². The minimum atomic E-state index is -1.06. The number of amides is 1. The van der Waals surface area contributed by atoms with Crippen LogP contribution in [0, 0.1) is 25.2 Å². The zero-order chi connectivity index (χ0) is 21.8. The van der Waals surface area contributed by atoms with E-state index in [0.717, 1.165) is 11.1 Å². The molecule has 30 heavy (non-hydrogen) atoms. The van der Waals surface area contributed by atoms with E-state index in [1.54, 1.807) is 24.4 Å². The van der Waals surface area contributed by atoms with Gasteiger partial charge in [-0.3, -0.25) is 9.78 Å². The maximum absolute atomic E-state index is 12.7. The number of carbonyl (C=O) groups is 2. The molecular weight excluding hydrogens is 378 g/mol. The molecule has 1 amide bonds. The van der Waals surface area contributed by atoms with Crippen molar-refractivity contribution in [1.82, 2.24) is 4.98 Å². The lowest BCUT2D eigenvalue weighted by Crippen LogP contribution is -2.30. The lowest BCUT2D eigenvalue weighted by molar-refractivity contribution is -0.125. The molecule has 0 aliphatic carbocycles. The quantitative estimate of drug-likeness (QED) is 0.654. The third-order valence-electron chi connectivity index (χ3n) is 4.67. The van der Waals surface area contributed by atoms with Crippen molar-refractivity contribution in [3.05, 3.63) is 77.0 Å². The van der Waals surface area contributed by atoms with Gasteiger partial charge in [-0.15, -0.1) is 0 Å². The highest BCUT2D eigenvalue weighted by Gasteiger charge is 2.19. The fourth-order valence-corrected chi connectivity index (χ4v) is 2.97. The number of ether oxygens (including phenoxy) is 1. The Morgan fingerprint density at radius 3 is 2.37 bits per heavy atom. The molecule has 0 aliphatic heterocycles. The average Bonchev–Trinajstić information content (AvgIpc) is 2.73. The number of aromatic nitrogens is 1. The van der Waals surface area contributed by atoms with E-state index in [2.05, 4.69) is 11.1 Å². The number of esters is 1. The van der Waals surface area contributed by atoms with Crippen molar-refractivity contribution in [2.75, 3.05) is 0 Å². The summed E-state index contributed by atoms with van der Waals surface area (Å²) in [6.45, 7) is 5.29. The van der Waals surface area contributed by atoms with Gasteiger partial charge in [0, 0.05) is 11.8 Å². The van der Waals surface area contributed by atoms with Crippen LogP contribution < -0.4 is 5.73 Å². The molecule has 1 heterocycles. The zero-order valence-corrected chi connectivity index (χ0v) is 17.0. The number of benzene rings is 2. The Morgan fingerprint density at radius 2 is 1.73 bits per heavy atom. The maximum atomic E-state index is 12.7. The van der Waals surface area contributed by atoms with Crippen molar-refractivity contribution in [1.29, 1.82) is 5.26 Å². The second kappa shape index (κ2) is 8.58. The van der Waals surface area contributed by atoms with Gasteiger partial charge in [0.2, 0.25) is 0 Å². The average molecular weight is 399 g/mol. The number of rotatable bonds is 5. The molecule has 0 bridgehead atoms. The molecule has 0 unspecified atom stereocenters. The van der Waals surface area contributed by atoms with E-state index in [1.807, 2.05) is 44.2 Å². The van der Waals surface area contributed by atoms with Crippen LogP contribution in [0.1, 0.15) is 34.0 Å². The fraction of sp³-hybridized carbons (Fsp3) is 0.167. The number of hydrogen-bond acceptors (Lipinski definition) is 5. The van der Waals surface area contributed by atoms with Crippen molar-refractivity contribution in [2.24, 2.45) is 5.73 Å². The minimum absolute atomic E-state index is 0.239. The fourth-order valence-electron chi connectivity index (χ4n) is 2.97. The molecule has 0 saturated heterocycles. The predicted octanol–water partition coefficient (Wildman–Crippen LogP) is 3.93. The van der Waals surface area contributed by atoms with Crippen LogP contribution in [0.4, 0.5) is 0 Å². The van der Waals surface area contributed by atoms with Gasteiger partial charge in [0.25, 0.3) is 5.91 Å². The normalized spacial score (nSPS) is 11.4. The van der Waals surface area contributed by atoms with Crippen molar-refractivity contribution < 1.29 is 14.3 Å². The first-order valence-electron chi connectivity index (χ1n) is 9.38. The van der Waals surface area contributed by atoms with E-state index in [4.69, 9.17) is 10.5 Å². The van der Waals surface area contributed by atoms with Crippen LogP contribution in [-0.2, 0) is 9.53 Å². The first kappa shape index (κ1) is 20.7. The van der Waals surface area contributed by atoms with Gasteiger partial charge in [0.15, 0.2) is 6.10 Å². The number of nitrogens with zero attached hydrogens (tertiary/aromatic N) is 2. The monoisotopic (exact) mass is 399 g/mol. The van der Waals surface area contributed by atoms with Crippen LogP contribution in [0.2, 0.25) is 0 Å². The summed E-state index contributed by atoms with van der Waals surface area (Å²) >= 11 is 0. The second-order valence-electron chi connectivity index (χ2n) is 7.13. The van der Waals surface area contributed by atoms with Gasteiger partial charge in [0.1, 0.15) is 0 Å². The molecule has 3 rings (SSSR count). The second-order valence-corrected chi connectivity index (χ2v) is 7.13. The summed E-state index contributed by atoms with van der Waals surface area (Å²) in [5.74, 6) is -1.41. The number of nitriles is 1. The Kier molecular flexibility index (Phi) is 5.93. The van der Waals surface area contributed by atoms with E-state index in [1.165, 1.54) is 6.92 Å². The SMILES string of the molecule is Cc1ccc(-c2cc(C(=O)O[C@@H](C)C(N)=O)cc(-c3cc(C)ccc3C#N)c2)nc1. The number of hydrogen-bond donors (Lipinski definition) is 1. The molecule has 6 nitrogen and oxygen atoms in total. The lowest BCUT2D eigenvalue weighted by atomic mass is 9.94. The Balaban J connectivity index is 2.17. The van der Waals surface area contributed by atoms with Crippen LogP contribution >= 0.6 is 0 Å². The van der Waals surface area contributed by atoms with Crippen LogP contribution in [0.3, 0.4) is 0 Å². The molecule has 6 heteroatoms. The summed E-state index contributed by atoms with van der Waals surface area (Å²) in [6.07, 6.45) is 0.679. The van der Waals surface area contributed by atoms with Crippen molar-refractivity contribution in [2.45, 2.75) is 26.9 Å². The van der Waals surface area contributed by atoms with E-state index in [-0.39, 0.29) is 5.56 Å². The largest absolute Gasteiger partial charge is 0.449 e. The third kappa shape index (κ3) is 4.53. The van der Waals surface area contributed by atoms with Crippen LogP contribution in [0.25, 0.3) is 22.4 Å². The molecule has 0 spiro atoms. The number of carbonyl (C=O) groups excluding carboxylic acids is 2. The lowest BCUT2D eigenvalue weighted by Gasteiger charge is -2.13. The third-order valence-corrected chi connectivity index (χ3v) is 4.67. The number of pyridine rings is 1. The van der Waals surface area contributed by atoms with Gasteiger partial charge in [-0.25, -0.2) is 4.79 Å². The van der Waals surface area contributed by atoms with Gasteiger partial charge in [-0.1, -0.05) is 23.8 Å². The summed E-state index contributed by atoms with van der Waals surface area (Å²) in [4.78, 5) is 28.4. The van der Waals surface area contributed by atoms with Gasteiger partial charge >= 0.3 is 5.97 Å².